The highest BCUT2D eigenvalue weighted by atomic mass is 16.1. The molecule has 3 N–H and O–H groups in total. The summed E-state index contributed by atoms with van der Waals surface area (Å²) in [5.41, 5.74) is 4.18. The average molecular weight is 338 g/mol. The standard InChI is InChI=1S/C20H26N4O/c1-4-22-20(24-14-17-7-5-6-15(2)12-17)23-13-16-8-10-18(11-9-16)19(25)21-3/h5-12H,4,13-14H2,1-3H3,(H,21,25)(H2,22,23,24). The molecule has 0 radical (unpaired) electrons. The van der Waals surface area contributed by atoms with Crippen LogP contribution in [0.3, 0.4) is 0 Å². The van der Waals surface area contributed by atoms with E-state index in [2.05, 4.69) is 52.1 Å². The van der Waals surface area contributed by atoms with Gasteiger partial charge in [0.1, 0.15) is 0 Å². The number of aliphatic imine (C=N–C) groups is 1. The lowest BCUT2D eigenvalue weighted by atomic mass is 10.1. The van der Waals surface area contributed by atoms with E-state index < -0.39 is 0 Å². The molecule has 0 bridgehead atoms. The van der Waals surface area contributed by atoms with Crippen molar-refractivity contribution in [1.29, 1.82) is 0 Å². The average Bonchev–Trinajstić information content (AvgIpc) is 2.64. The molecule has 1 amide bonds. The molecule has 0 aromatic heterocycles. The number of rotatable bonds is 6. The second-order valence-corrected chi connectivity index (χ2v) is 5.81. The van der Waals surface area contributed by atoms with Crippen molar-refractivity contribution in [3.63, 3.8) is 0 Å². The number of aryl methyl sites for hydroxylation is 1. The van der Waals surface area contributed by atoms with Crippen molar-refractivity contribution in [3.05, 3.63) is 70.8 Å². The third-order valence-electron chi connectivity index (χ3n) is 3.75. The Hall–Kier alpha value is -2.82. The van der Waals surface area contributed by atoms with Gasteiger partial charge in [0, 0.05) is 25.7 Å². The monoisotopic (exact) mass is 338 g/mol. The third kappa shape index (κ3) is 5.95. The SMILES string of the molecule is CCNC(=NCc1cccc(C)c1)NCc1ccc(C(=O)NC)cc1. The zero-order valence-corrected chi connectivity index (χ0v) is 15.1. The number of guanidine groups is 1. The minimum atomic E-state index is -0.0763. The second-order valence-electron chi connectivity index (χ2n) is 5.81. The van der Waals surface area contributed by atoms with Crippen LogP contribution in [0, 0.1) is 6.92 Å². The maximum atomic E-state index is 11.6. The lowest BCUT2D eigenvalue weighted by molar-refractivity contribution is 0.0963. The molecule has 132 valence electrons. The lowest BCUT2D eigenvalue weighted by Gasteiger charge is -2.12. The van der Waals surface area contributed by atoms with Gasteiger partial charge in [-0.05, 0) is 37.1 Å². The molecule has 2 aromatic rings. The largest absolute Gasteiger partial charge is 0.357 e. The Morgan fingerprint density at radius 2 is 1.80 bits per heavy atom. The molecule has 5 heteroatoms. The number of nitrogens with one attached hydrogen (secondary N) is 3. The van der Waals surface area contributed by atoms with Gasteiger partial charge < -0.3 is 16.0 Å². The van der Waals surface area contributed by atoms with E-state index in [9.17, 15) is 4.79 Å². The van der Waals surface area contributed by atoms with E-state index in [1.54, 1.807) is 7.05 Å². The van der Waals surface area contributed by atoms with Crippen molar-refractivity contribution in [1.82, 2.24) is 16.0 Å². The molecule has 0 heterocycles. The van der Waals surface area contributed by atoms with E-state index in [0.29, 0.717) is 18.7 Å². The van der Waals surface area contributed by atoms with Crippen molar-refractivity contribution < 1.29 is 4.79 Å². The lowest BCUT2D eigenvalue weighted by Crippen LogP contribution is -2.36. The van der Waals surface area contributed by atoms with Crippen LogP contribution in [-0.2, 0) is 13.1 Å². The smallest absolute Gasteiger partial charge is 0.251 e. The minimum Gasteiger partial charge on any atom is -0.357 e. The van der Waals surface area contributed by atoms with Crippen molar-refractivity contribution in [2.45, 2.75) is 26.9 Å². The van der Waals surface area contributed by atoms with Gasteiger partial charge in [-0.25, -0.2) is 4.99 Å². The van der Waals surface area contributed by atoms with Crippen LogP contribution in [0.2, 0.25) is 0 Å². The van der Waals surface area contributed by atoms with Crippen molar-refractivity contribution >= 4 is 11.9 Å². The minimum absolute atomic E-state index is 0.0763. The predicted molar refractivity (Wildman–Crippen MR) is 103 cm³/mol. The van der Waals surface area contributed by atoms with Gasteiger partial charge in [-0.15, -0.1) is 0 Å². The van der Waals surface area contributed by atoms with Crippen LogP contribution >= 0.6 is 0 Å². The first kappa shape index (κ1) is 18.5. The Labute approximate surface area is 149 Å². The Bertz CT molecular complexity index is 723. The zero-order valence-electron chi connectivity index (χ0n) is 15.1. The number of carbonyl (C=O) groups is 1. The fourth-order valence-electron chi connectivity index (χ4n) is 2.43. The first-order chi connectivity index (χ1) is 12.1. The van der Waals surface area contributed by atoms with Crippen LogP contribution in [0.25, 0.3) is 0 Å². The normalized spacial score (nSPS) is 11.1. The highest BCUT2D eigenvalue weighted by molar-refractivity contribution is 5.93. The molecule has 0 fully saturated rings. The summed E-state index contributed by atoms with van der Waals surface area (Å²) in [6.45, 7) is 6.21. The van der Waals surface area contributed by atoms with E-state index in [0.717, 1.165) is 18.1 Å². The van der Waals surface area contributed by atoms with E-state index in [4.69, 9.17) is 0 Å². The summed E-state index contributed by atoms with van der Waals surface area (Å²) in [5.74, 6) is 0.701. The van der Waals surface area contributed by atoms with Crippen LogP contribution in [0.1, 0.15) is 34.0 Å². The maximum absolute atomic E-state index is 11.6. The van der Waals surface area contributed by atoms with Gasteiger partial charge in [0.2, 0.25) is 0 Å². The van der Waals surface area contributed by atoms with E-state index >= 15 is 0 Å². The summed E-state index contributed by atoms with van der Waals surface area (Å²) in [6, 6.07) is 15.9. The Morgan fingerprint density at radius 1 is 1.04 bits per heavy atom. The fourth-order valence-corrected chi connectivity index (χ4v) is 2.43. The van der Waals surface area contributed by atoms with Gasteiger partial charge in [-0.1, -0.05) is 42.0 Å². The molecule has 0 saturated carbocycles. The summed E-state index contributed by atoms with van der Waals surface area (Å²) in [6.07, 6.45) is 0. The van der Waals surface area contributed by atoms with Crippen molar-refractivity contribution in [2.24, 2.45) is 4.99 Å². The molecule has 0 saturated heterocycles. The molecule has 5 nitrogen and oxygen atoms in total. The maximum Gasteiger partial charge on any atom is 0.251 e. The zero-order chi connectivity index (χ0) is 18.1. The fraction of sp³-hybridized carbons (Fsp3) is 0.300. The van der Waals surface area contributed by atoms with E-state index in [-0.39, 0.29) is 5.91 Å². The van der Waals surface area contributed by atoms with Gasteiger partial charge in [0.15, 0.2) is 5.96 Å². The first-order valence-electron chi connectivity index (χ1n) is 8.51. The molecular formula is C20H26N4O. The Kier molecular flexibility index (Phi) is 7.01. The molecule has 0 aliphatic carbocycles. The summed E-state index contributed by atoms with van der Waals surface area (Å²) >= 11 is 0. The van der Waals surface area contributed by atoms with Crippen LogP contribution in [0.15, 0.2) is 53.5 Å². The molecular weight excluding hydrogens is 312 g/mol. The topological polar surface area (TPSA) is 65.5 Å². The third-order valence-corrected chi connectivity index (χ3v) is 3.75. The molecule has 0 aliphatic rings. The number of amides is 1. The Balaban J connectivity index is 1.96. The van der Waals surface area contributed by atoms with Crippen LogP contribution in [0.4, 0.5) is 0 Å². The van der Waals surface area contributed by atoms with Gasteiger partial charge in [0.25, 0.3) is 5.91 Å². The number of benzene rings is 2. The van der Waals surface area contributed by atoms with Gasteiger partial charge >= 0.3 is 0 Å². The Morgan fingerprint density at radius 3 is 2.44 bits per heavy atom. The summed E-state index contributed by atoms with van der Waals surface area (Å²) in [4.78, 5) is 16.2. The molecule has 2 rings (SSSR count). The summed E-state index contributed by atoms with van der Waals surface area (Å²) < 4.78 is 0. The number of hydrogen-bond acceptors (Lipinski definition) is 2. The van der Waals surface area contributed by atoms with Crippen molar-refractivity contribution in [3.8, 4) is 0 Å². The molecule has 2 aromatic carbocycles. The predicted octanol–water partition coefficient (Wildman–Crippen LogP) is 2.61. The van der Waals surface area contributed by atoms with E-state index in [1.807, 2.05) is 31.2 Å². The number of carbonyl (C=O) groups excluding carboxylic acids is 1. The van der Waals surface area contributed by atoms with Gasteiger partial charge in [-0.3, -0.25) is 4.79 Å². The highest BCUT2D eigenvalue weighted by Gasteiger charge is 2.03. The van der Waals surface area contributed by atoms with Crippen molar-refractivity contribution in [2.75, 3.05) is 13.6 Å². The van der Waals surface area contributed by atoms with E-state index in [1.165, 1.54) is 11.1 Å². The van der Waals surface area contributed by atoms with Crippen LogP contribution in [-0.4, -0.2) is 25.5 Å². The number of nitrogens with zero attached hydrogens (tertiary/aromatic N) is 1. The van der Waals surface area contributed by atoms with Gasteiger partial charge in [0.05, 0.1) is 6.54 Å². The van der Waals surface area contributed by atoms with Crippen LogP contribution < -0.4 is 16.0 Å². The molecule has 25 heavy (non-hydrogen) atoms. The highest BCUT2D eigenvalue weighted by Crippen LogP contribution is 2.06. The molecule has 0 unspecified atom stereocenters. The quantitative estimate of drug-likeness (QED) is 0.560. The van der Waals surface area contributed by atoms with Crippen LogP contribution in [0.5, 0.6) is 0 Å². The summed E-state index contributed by atoms with van der Waals surface area (Å²) in [5, 5.41) is 9.19. The molecule has 0 atom stereocenters. The number of hydrogen-bond donors (Lipinski definition) is 3. The first-order valence-corrected chi connectivity index (χ1v) is 8.51. The van der Waals surface area contributed by atoms with Gasteiger partial charge in [-0.2, -0.15) is 0 Å². The molecule has 0 aliphatic heterocycles. The summed E-state index contributed by atoms with van der Waals surface area (Å²) in [7, 11) is 1.63. The second kappa shape index (κ2) is 9.47. The molecule has 0 spiro atoms.